The summed E-state index contributed by atoms with van der Waals surface area (Å²) in [5, 5.41) is 36.6. The van der Waals surface area contributed by atoms with Gasteiger partial charge < -0.3 is 19.1 Å². The molecule has 0 amide bonds. The number of hydrogen-bond donors (Lipinski definition) is 5. The number of hydrogen-bond acceptors (Lipinski definition) is 11. The summed E-state index contributed by atoms with van der Waals surface area (Å²) < 4.78 is 13.7. The van der Waals surface area contributed by atoms with E-state index in [2.05, 4.69) is 51.1 Å². The summed E-state index contributed by atoms with van der Waals surface area (Å²) in [4.78, 5) is 14.3. The molecule has 5 N–H and O–H groups in total. The summed E-state index contributed by atoms with van der Waals surface area (Å²) >= 11 is 1.52. The number of ether oxygens (including phenoxy) is 1. The summed E-state index contributed by atoms with van der Waals surface area (Å²) in [6, 6.07) is 13.2. The van der Waals surface area contributed by atoms with Crippen molar-refractivity contribution in [1.82, 2.24) is 61.2 Å². The van der Waals surface area contributed by atoms with Crippen LogP contribution in [0.2, 0.25) is 0 Å². The van der Waals surface area contributed by atoms with Gasteiger partial charge in [0.1, 0.15) is 23.1 Å². The van der Waals surface area contributed by atoms with Gasteiger partial charge in [0.2, 0.25) is 11.4 Å². The van der Waals surface area contributed by atoms with E-state index in [-0.39, 0.29) is 5.82 Å². The predicted octanol–water partition coefficient (Wildman–Crippen LogP) is 2.37. The number of rotatable bonds is 7. The molecule has 15 nitrogen and oxygen atoms in total. The van der Waals surface area contributed by atoms with Crippen LogP contribution in [-0.4, -0.2) is 61.2 Å². The Labute approximate surface area is 228 Å². The fourth-order valence-electron chi connectivity index (χ4n) is 5.80. The van der Waals surface area contributed by atoms with Crippen molar-refractivity contribution in [3.8, 4) is 0 Å². The standard InChI is InChI=1S/C24H19N13O2S/c1-6-19(25-8-1)37-22(16-14-29-34-31-16,18-5-3-13-40-18)23(17-4-2-12-38-17,20-26-10-11-27-20)39-24(37,15-7-9-28-30-15)21-32-35-36-33-21/h1-14,25H,(H,26,27)(H,28,30)(H,29,31,34)(H,32,33,35,36). The Balaban J connectivity index is 1.64. The molecule has 1 saturated heterocycles. The molecular weight excluding hydrogens is 534 g/mol. The highest BCUT2D eigenvalue weighted by atomic mass is 32.1. The van der Waals surface area contributed by atoms with Crippen molar-refractivity contribution in [2.75, 3.05) is 4.90 Å². The molecule has 1 aliphatic rings. The molecule has 0 aliphatic carbocycles. The van der Waals surface area contributed by atoms with Gasteiger partial charge in [0, 0.05) is 29.7 Å². The van der Waals surface area contributed by atoms with E-state index in [1.807, 2.05) is 46.8 Å². The fraction of sp³-hybridized carbons (Fsp3) is 0.125. The molecule has 7 aromatic heterocycles. The third kappa shape index (κ3) is 2.67. The van der Waals surface area contributed by atoms with Gasteiger partial charge in [0.25, 0.3) is 5.72 Å². The van der Waals surface area contributed by atoms with E-state index < -0.39 is 16.9 Å². The molecule has 40 heavy (non-hydrogen) atoms. The van der Waals surface area contributed by atoms with Crippen LogP contribution in [-0.2, 0) is 21.6 Å². The highest BCUT2D eigenvalue weighted by molar-refractivity contribution is 7.10. The van der Waals surface area contributed by atoms with E-state index in [1.54, 1.807) is 43.2 Å². The fourth-order valence-corrected chi connectivity index (χ4v) is 6.77. The molecule has 8 rings (SSSR count). The minimum Gasteiger partial charge on any atom is -0.466 e. The smallest absolute Gasteiger partial charge is 0.253 e. The first-order valence-electron chi connectivity index (χ1n) is 12.1. The minimum atomic E-state index is -1.60. The molecule has 0 aromatic carbocycles. The lowest BCUT2D eigenvalue weighted by Gasteiger charge is -2.45. The van der Waals surface area contributed by atoms with Crippen LogP contribution in [0.15, 0.2) is 89.5 Å². The number of H-pyrrole nitrogens is 5. The number of thiophene rings is 1. The van der Waals surface area contributed by atoms with Crippen LogP contribution in [0.25, 0.3) is 0 Å². The average molecular weight is 554 g/mol. The Kier molecular flexibility index (Phi) is 4.71. The van der Waals surface area contributed by atoms with Gasteiger partial charge >= 0.3 is 0 Å². The van der Waals surface area contributed by atoms with Crippen molar-refractivity contribution >= 4 is 17.2 Å². The van der Waals surface area contributed by atoms with E-state index >= 15 is 0 Å². The van der Waals surface area contributed by atoms with Crippen LogP contribution in [0.5, 0.6) is 0 Å². The van der Waals surface area contributed by atoms with Gasteiger partial charge in [-0.1, -0.05) is 6.07 Å². The van der Waals surface area contributed by atoms with E-state index in [4.69, 9.17) is 19.2 Å². The maximum Gasteiger partial charge on any atom is 0.253 e. The van der Waals surface area contributed by atoms with Crippen molar-refractivity contribution in [3.05, 3.63) is 119 Å². The zero-order valence-corrected chi connectivity index (χ0v) is 21.2. The van der Waals surface area contributed by atoms with Gasteiger partial charge in [-0.05, 0) is 47.0 Å². The highest BCUT2D eigenvalue weighted by Crippen LogP contribution is 2.67. The number of aromatic amines is 5. The second-order valence-corrected chi connectivity index (χ2v) is 9.93. The quantitative estimate of drug-likeness (QED) is 0.195. The third-order valence-electron chi connectivity index (χ3n) is 7.16. The monoisotopic (exact) mass is 553 g/mol. The lowest BCUT2D eigenvalue weighted by molar-refractivity contribution is -0.0999. The molecule has 3 unspecified atom stereocenters. The normalized spacial score (nSPS) is 24.6. The third-order valence-corrected chi connectivity index (χ3v) is 8.14. The molecule has 0 saturated carbocycles. The van der Waals surface area contributed by atoms with Gasteiger partial charge in [-0.25, -0.2) is 4.98 Å². The molecule has 198 valence electrons. The van der Waals surface area contributed by atoms with E-state index in [0.717, 1.165) is 4.88 Å². The molecule has 1 fully saturated rings. The molecule has 0 spiro atoms. The summed E-state index contributed by atoms with van der Waals surface area (Å²) in [5.41, 5.74) is -3.45. The van der Waals surface area contributed by atoms with Gasteiger partial charge in [-0.2, -0.15) is 25.7 Å². The maximum absolute atomic E-state index is 7.50. The number of nitrogens with one attached hydrogen (secondary N) is 5. The van der Waals surface area contributed by atoms with Crippen LogP contribution in [0, 0.1) is 0 Å². The largest absolute Gasteiger partial charge is 0.466 e. The Bertz CT molecular complexity index is 1670. The molecule has 7 aromatic rings. The topological polar surface area (TPSA) is 195 Å². The Morgan fingerprint density at radius 1 is 0.925 bits per heavy atom. The lowest BCUT2D eigenvalue weighted by Crippen LogP contribution is -2.58. The van der Waals surface area contributed by atoms with Crippen LogP contribution in [0.1, 0.15) is 33.7 Å². The van der Waals surface area contributed by atoms with Gasteiger partial charge in [-0.3, -0.25) is 10.00 Å². The first-order chi connectivity index (χ1) is 19.8. The maximum atomic E-state index is 7.50. The number of nitrogens with zero attached hydrogens (tertiary/aromatic N) is 8. The summed E-state index contributed by atoms with van der Waals surface area (Å²) in [6.07, 6.45) is 10.1. The van der Waals surface area contributed by atoms with Gasteiger partial charge in [-0.15, -0.1) is 21.5 Å². The summed E-state index contributed by atoms with van der Waals surface area (Å²) in [7, 11) is 0. The van der Waals surface area contributed by atoms with Gasteiger partial charge in [0.05, 0.1) is 18.2 Å². The zero-order chi connectivity index (χ0) is 26.6. The zero-order valence-electron chi connectivity index (χ0n) is 20.4. The number of tetrazole rings is 1. The lowest BCUT2D eigenvalue weighted by atomic mass is 9.73. The molecule has 8 heterocycles. The highest BCUT2D eigenvalue weighted by Gasteiger charge is 2.79. The Morgan fingerprint density at radius 2 is 1.93 bits per heavy atom. The Hall–Kier alpha value is -5.35. The number of imidazole rings is 1. The Morgan fingerprint density at radius 3 is 2.58 bits per heavy atom. The van der Waals surface area contributed by atoms with Crippen molar-refractivity contribution < 1.29 is 9.15 Å². The van der Waals surface area contributed by atoms with Crippen molar-refractivity contribution in [2.24, 2.45) is 0 Å². The first kappa shape index (κ1) is 22.6. The van der Waals surface area contributed by atoms with Crippen molar-refractivity contribution in [2.45, 2.75) is 16.9 Å². The predicted molar refractivity (Wildman–Crippen MR) is 137 cm³/mol. The van der Waals surface area contributed by atoms with Crippen LogP contribution < -0.4 is 4.90 Å². The first-order valence-corrected chi connectivity index (χ1v) is 13.0. The van der Waals surface area contributed by atoms with E-state index in [0.29, 0.717) is 28.8 Å². The molecule has 0 bridgehead atoms. The molecular formula is C24H19N13O2S. The van der Waals surface area contributed by atoms with E-state index in [9.17, 15) is 0 Å². The van der Waals surface area contributed by atoms with Crippen LogP contribution in [0.4, 0.5) is 5.82 Å². The van der Waals surface area contributed by atoms with E-state index in [1.165, 1.54) is 11.3 Å². The second kappa shape index (κ2) is 8.32. The van der Waals surface area contributed by atoms with Crippen molar-refractivity contribution in [1.29, 1.82) is 0 Å². The second-order valence-electron chi connectivity index (χ2n) is 8.98. The molecule has 0 radical (unpaired) electrons. The number of furan rings is 1. The van der Waals surface area contributed by atoms with Crippen molar-refractivity contribution in [3.63, 3.8) is 0 Å². The SMILES string of the molecule is c1c[nH]c(N2C(c3nn[nH]n3)(c3ccn[nH]3)OC(c3ncc[nH]3)(c3ccco3)C2(c2cn[nH]n2)c2cccs2)c1. The van der Waals surface area contributed by atoms with Crippen LogP contribution >= 0.6 is 11.3 Å². The average Bonchev–Trinajstić information content (AvgIpc) is 3.84. The minimum absolute atomic E-state index is 0.204. The molecule has 1 aliphatic heterocycles. The summed E-state index contributed by atoms with van der Waals surface area (Å²) in [5.74, 6) is 1.74. The molecule has 3 atom stereocenters. The van der Waals surface area contributed by atoms with Gasteiger partial charge in [0.15, 0.2) is 5.54 Å². The van der Waals surface area contributed by atoms with Crippen LogP contribution in [0.3, 0.4) is 0 Å². The molecule has 16 heteroatoms. The number of anilines is 1. The summed E-state index contributed by atoms with van der Waals surface area (Å²) in [6.45, 7) is 0. The number of aromatic nitrogens is 12.